The van der Waals surface area contributed by atoms with Crippen LogP contribution in [0.15, 0.2) is 23.1 Å². The third-order valence-electron chi connectivity index (χ3n) is 3.30. The highest BCUT2D eigenvalue weighted by Crippen LogP contribution is 2.26. The van der Waals surface area contributed by atoms with Gasteiger partial charge < -0.3 is 10.6 Å². The van der Waals surface area contributed by atoms with Crippen molar-refractivity contribution in [1.29, 1.82) is 0 Å². The zero-order valence-electron chi connectivity index (χ0n) is 11.1. The zero-order valence-corrected chi connectivity index (χ0v) is 11.9. The number of nitrogen functional groups attached to an aromatic ring is 1. The van der Waals surface area contributed by atoms with E-state index in [9.17, 15) is 13.2 Å². The van der Waals surface area contributed by atoms with E-state index in [0.717, 1.165) is 18.4 Å². The van der Waals surface area contributed by atoms with Gasteiger partial charge in [-0.05, 0) is 37.5 Å². The predicted octanol–water partition coefficient (Wildman–Crippen LogP) is 0.972. The first-order valence-electron chi connectivity index (χ1n) is 6.16. The SMILES string of the molecule is Cc1ccc(S(=O)(=O)CC(=O)N(C)C2CC2)c(N)c1. The molecule has 1 aliphatic carbocycles. The molecule has 0 heterocycles. The summed E-state index contributed by atoms with van der Waals surface area (Å²) in [4.78, 5) is 13.5. The first-order chi connectivity index (χ1) is 8.81. The number of hydrogen-bond acceptors (Lipinski definition) is 4. The Hall–Kier alpha value is -1.56. The monoisotopic (exact) mass is 282 g/mol. The minimum Gasteiger partial charge on any atom is -0.398 e. The molecule has 0 radical (unpaired) electrons. The summed E-state index contributed by atoms with van der Waals surface area (Å²) >= 11 is 0. The van der Waals surface area contributed by atoms with Crippen LogP contribution >= 0.6 is 0 Å². The highest BCUT2D eigenvalue weighted by Gasteiger charge is 2.32. The smallest absolute Gasteiger partial charge is 0.238 e. The van der Waals surface area contributed by atoms with E-state index in [1.165, 1.54) is 11.0 Å². The van der Waals surface area contributed by atoms with Crippen LogP contribution in [0.25, 0.3) is 0 Å². The first kappa shape index (κ1) is 13.9. The Morgan fingerprint density at radius 2 is 2.05 bits per heavy atom. The van der Waals surface area contributed by atoms with E-state index >= 15 is 0 Å². The lowest BCUT2D eigenvalue weighted by Crippen LogP contribution is -2.34. The molecule has 1 aromatic carbocycles. The molecular weight excluding hydrogens is 264 g/mol. The van der Waals surface area contributed by atoms with E-state index in [1.54, 1.807) is 19.2 Å². The first-order valence-corrected chi connectivity index (χ1v) is 7.81. The van der Waals surface area contributed by atoms with Gasteiger partial charge in [0.2, 0.25) is 5.91 Å². The summed E-state index contributed by atoms with van der Waals surface area (Å²) in [6.45, 7) is 1.83. The van der Waals surface area contributed by atoms with Crippen molar-refractivity contribution in [3.05, 3.63) is 23.8 Å². The molecule has 0 aromatic heterocycles. The van der Waals surface area contributed by atoms with Gasteiger partial charge in [0, 0.05) is 13.1 Å². The predicted molar refractivity (Wildman–Crippen MR) is 73.4 cm³/mol. The van der Waals surface area contributed by atoms with E-state index in [4.69, 9.17) is 5.73 Å². The number of amides is 1. The lowest BCUT2D eigenvalue weighted by molar-refractivity contribution is -0.127. The summed E-state index contributed by atoms with van der Waals surface area (Å²) < 4.78 is 24.4. The Morgan fingerprint density at radius 1 is 1.42 bits per heavy atom. The van der Waals surface area contributed by atoms with Gasteiger partial charge in [-0.15, -0.1) is 0 Å². The molecule has 0 saturated heterocycles. The summed E-state index contributed by atoms with van der Waals surface area (Å²) in [5, 5.41) is 0. The number of hydrogen-bond donors (Lipinski definition) is 1. The van der Waals surface area contributed by atoms with Gasteiger partial charge in [0.15, 0.2) is 9.84 Å². The third-order valence-corrected chi connectivity index (χ3v) is 4.97. The fourth-order valence-corrected chi connectivity index (χ4v) is 3.34. The Morgan fingerprint density at radius 3 is 2.58 bits per heavy atom. The van der Waals surface area contributed by atoms with Crippen molar-refractivity contribution in [1.82, 2.24) is 4.90 Å². The minimum absolute atomic E-state index is 0.0376. The highest BCUT2D eigenvalue weighted by molar-refractivity contribution is 7.92. The maximum Gasteiger partial charge on any atom is 0.238 e. The topological polar surface area (TPSA) is 80.5 Å². The number of anilines is 1. The van der Waals surface area contributed by atoms with Crippen LogP contribution < -0.4 is 5.73 Å². The largest absolute Gasteiger partial charge is 0.398 e. The molecule has 0 aliphatic heterocycles. The van der Waals surface area contributed by atoms with Crippen LogP contribution in [0.5, 0.6) is 0 Å². The third kappa shape index (κ3) is 3.07. The molecule has 2 rings (SSSR count). The van der Waals surface area contributed by atoms with Crippen molar-refractivity contribution in [3.63, 3.8) is 0 Å². The number of nitrogens with two attached hydrogens (primary N) is 1. The Kier molecular flexibility index (Phi) is 3.54. The molecule has 0 spiro atoms. The summed E-state index contributed by atoms with van der Waals surface area (Å²) in [6, 6.07) is 4.95. The molecule has 2 N–H and O–H groups in total. The van der Waals surface area contributed by atoms with Crippen LogP contribution in [0.2, 0.25) is 0 Å². The van der Waals surface area contributed by atoms with Gasteiger partial charge in [-0.3, -0.25) is 4.79 Å². The van der Waals surface area contributed by atoms with Crippen molar-refractivity contribution in [3.8, 4) is 0 Å². The lowest BCUT2D eigenvalue weighted by Gasteiger charge is -2.16. The zero-order chi connectivity index (χ0) is 14.2. The molecule has 1 aromatic rings. The van der Waals surface area contributed by atoms with Crippen LogP contribution in [0.1, 0.15) is 18.4 Å². The number of aryl methyl sites for hydroxylation is 1. The molecule has 19 heavy (non-hydrogen) atoms. The molecule has 104 valence electrons. The molecule has 1 saturated carbocycles. The number of benzene rings is 1. The maximum atomic E-state index is 12.2. The summed E-state index contributed by atoms with van der Waals surface area (Å²) in [5.41, 5.74) is 6.81. The van der Waals surface area contributed by atoms with Crippen LogP contribution in [0.3, 0.4) is 0 Å². The molecular formula is C13H18N2O3S. The van der Waals surface area contributed by atoms with E-state index < -0.39 is 15.6 Å². The summed E-state index contributed by atoms with van der Waals surface area (Å²) in [6.07, 6.45) is 1.91. The number of nitrogens with zero attached hydrogens (tertiary/aromatic N) is 1. The molecule has 1 aliphatic rings. The lowest BCUT2D eigenvalue weighted by atomic mass is 10.2. The molecule has 0 atom stereocenters. The summed E-state index contributed by atoms with van der Waals surface area (Å²) in [7, 11) is -2.03. The number of rotatable bonds is 4. The average molecular weight is 282 g/mol. The highest BCUT2D eigenvalue weighted by atomic mass is 32.2. The van der Waals surface area contributed by atoms with E-state index in [1.807, 2.05) is 6.92 Å². The minimum atomic E-state index is -3.67. The van der Waals surface area contributed by atoms with Crippen molar-refractivity contribution >= 4 is 21.4 Å². The second kappa shape index (κ2) is 4.85. The molecule has 0 bridgehead atoms. The number of carbonyl (C=O) groups is 1. The van der Waals surface area contributed by atoms with Crippen LogP contribution in [0, 0.1) is 6.92 Å². The fourth-order valence-electron chi connectivity index (χ4n) is 1.96. The van der Waals surface area contributed by atoms with E-state index in [2.05, 4.69) is 0 Å². The van der Waals surface area contributed by atoms with Gasteiger partial charge in [0.1, 0.15) is 5.75 Å². The van der Waals surface area contributed by atoms with Crippen molar-refractivity contribution in [2.45, 2.75) is 30.7 Å². The molecule has 5 nitrogen and oxygen atoms in total. The Balaban J connectivity index is 2.20. The van der Waals surface area contributed by atoms with Gasteiger partial charge in [-0.1, -0.05) is 6.07 Å². The standard InChI is InChI=1S/C13H18N2O3S/c1-9-3-6-12(11(14)7-9)19(17,18)8-13(16)15(2)10-4-5-10/h3,6-7,10H,4-5,8,14H2,1-2H3. The summed E-state index contributed by atoms with van der Waals surface area (Å²) in [5.74, 6) is -0.893. The van der Waals surface area contributed by atoms with Crippen molar-refractivity contribution in [2.75, 3.05) is 18.5 Å². The van der Waals surface area contributed by atoms with E-state index in [-0.39, 0.29) is 22.5 Å². The fraction of sp³-hybridized carbons (Fsp3) is 0.462. The van der Waals surface area contributed by atoms with Gasteiger partial charge in [0.05, 0.1) is 10.6 Å². The van der Waals surface area contributed by atoms with Gasteiger partial charge in [-0.25, -0.2) is 8.42 Å². The van der Waals surface area contributed by atoms with E-state index in [0.29, 0.717) is 0 Å². The normalized spacial score (nSPS) is 15.3. The second-order valence-corrected chi connectivity index (χ2v) is 6.99. The van der Waals surface area contributed by atoms with Crippen LogP contribution in [-0.2, 0) is 14.6 Å². The average Bonchev–Trinajstić information content (AvgIpc) is 3.10. The van der Waals surface area contributed by atoms with Crippen LogP contribution in [0.4, 0.5) is 5.69 Å². The van der Waals surface area contributed by atoms with Gasteiger partial charge in [-0.2, -0.15) is 0 Å². The van der Waals surface area contributed by atoms with Gasteiger partial charge in [0.25, 0.3) is 0 Å². The van der Waals surface area contributed by atoms with Crippen molar-refractivity contribution < 1.29 is 13.2 Å². The Labute approximate surface area is 113 Å². The van der Waals surface area contributed by atoms with Crippen LogP contribution in [-0.4, -0.2) is 38.1 Å². The Bertz CT molecular complexity index is 606. The maximum absolute atomic E-state index is 12.2. The number of carbonyl (C=O) groups excluding carboxylic acids is 1. The molecule has 6 heteroatoms. The number of sulfone groups is 1. The quantitative estimate of drug-likeness (QED) is 0.834. The molecule has 1 amide bonds. The molecule has 0 unspecified atom stereocenters. The second-order valence-electron chi connectivity index (χ2n) is 5.04. The van der Waals surface area contributed by atoms with Gasteiger partial charge >= 0.3 is 0 Å². The van der Waals surface area contributed by atoms with Crippen molar-refractivity contribution in [2.24, 2.45) is 0 Å². The molecule has 1 fully saturated rings.